The highest BCUT2D eigenvalue weighted by Gasteiger charge is 2.37. The summed E-state index contributed by atoms with van der Waals surface area (Å²) >= 11 is 0. The Morgan fingerprint density at radius 1 is 1.10 bits per heavy atom. The van der Waals surface area contributed by atoms with Crippen molar-refractivity contribution in [3.8, 4) is 0 Å². The van der Waals surface area contributed by atoms with Crippen molar-refractivity contribution in [2.75, 3.05) is 18.4 Å². The van der Waals surface area contributed by atoms with Gasteiger partial charge in [0, 0.05) is 43.0 Å². The summed E-state index contributed by atoms with van der Waals surface area (Å²) in [5, 5.41) is 15.8. The Bertz CT molecular complexity index is 1420. The second kappa shape index (κ2) is 10.1. The number of nitrogens with zero attached hydrogens (tertiary/aromatic N) is 7. The molecule has 2 aliphatic heterocycles. The van der Waals surface area contributed by atoms with E-state index >= 15 is 0 Å². The fourth-order valence-corrected chi connectivity index (χ4v) is 4.99. The summed E-state index contributed by atoms with van der Waals surface area (Å²) in [5.41, 5.74) is 2.69. The molecule has 0 bridgehead atoms. The molecule has 6 rings (SSSR count). The summed E-state index contributed by atoms with van der Waals surface area (Å²) in [4.78, 5) is 28.6. The van der Waals surface area contributed by atoms with E-state index in [-0.39, 0.29) is 30.8 Å². The Kier molecular flexibility index (Phi) is 6.59. The number of hydrogen-bond acceptors (Lipinski definition) is 10. The summed E-state index contributed by atoms with van der Waals surface area (Å²) in [5.74, 6) is -0.421. The number of anilines is 1. The van der Waals surface area contributed by atoms with Gasteiger partial charge >= 0.3 is 5.97 Å². The number of aromatic nitrogens is 5. The van der Waals surface area contributed by atoms with Crippen LogP contribution in [-0.4, -0.2) is 60.8 Å². The molecule has 0 radical (unpaired) electrons. The monoisotopic (exact) mass is 552 g/mol. The van der Waals surface area contributed by atoms with Crippen molar-refractivity contribution in [2.45, 2.75) is 64.8 Å². The minimum atomic E-state index is -0.824. The van der Waals surface area contributed by atoms with E-state index in [2.05, 4.69) is 35.7 Å². The Morgan fingerprint density at radius 2 is 1.77 bits per heavy atom. The fourth-order valence-electron chi connectivity index (χ4n) is 4.99. The van der Waals surface area contributed by atoms with Gasteiger partial charge in [-0.3, -0.25) is 4.79 Å². The highest BCUT2D eigenvalue weighted by Crippen LogP contribution is 2.33. The molecule has 1 unspecified atom stereocenters. The molecule has 210 valence electrons. The minimum absolute atomic E-state index is 0.0285. The van der Waals surface area contributed by atoms with Gasteiger partial charge < -0.3 is 19.8 Å². The summed E-state index contributed by atoms with van der Waals surface area (Å²) in [6.07, 6.45) is 6.72. The zero-order valence-corrected chi connectivity index (χ0v) is 22.5. The molecule has 1 N–H and O–H groups in total. The lowest BCUT2D eigenvalue weighted by Gasteiger charge is -2.39. The zero-order valence-electron chi connectivity index (χ0n) is 22.5. The van der Waals surface area contributed by atoms with Crippen molar-refractivity contribution < 1.29 is 23.1 Å². The van der Waals surface area contributed by atoms with Crippen molar-refractivity contribution >= 4 is 17.8 Å². The first-order chi connectivity index (χ1) is 19.1. The number of likely N-dealkylation sites (tertiary alicyclic amines) is 1. The van der Waals surface area contributed by atoms with Gasteiger partial charge in [0.25, 0.3) is 0 Å². The number of rotatable bonds is 6. The van der Waals surface area contributed by atoms with Gasteiger partial charge in [-0.05, 0) is 56.9 Å². The van der Waals surface area contributed by atoms with Crippen molar-refractivity contribution in [3.63, 3.8) is 0 Å². The zero-order chi connectivity index (χ0) is 28.0. The first-order valence-corrected chi connectivity index (χ1v) is 13.2. The van der Waals surface area contributed by atoms with Crippen LogP contribution in [0.4, 0.5) is 14.7 Å². The fraction of sp³-hybridized carbons (Fsp3) is 0.481. The highest BCUT2D eigenvalue weighted by atomic mass is 19.2. The number of fused-ring (bicyclic) bond motifs is 1. The topological polar surface area (TPSA) is 120 Å². The van der Waals surface area contributed by atoms with Gasteiger partial charge in [-0.25, -0.2) is 23.4 Å². The first-order valence-electron chi connectivity index (χ1n) is 13.2. The molecule has 4 heterocycles. The number of oxime groups is 1. The van der Waals surface area contributed by atoms with E-state index in [0.29, 0.717) is 25.2 Å². The second-order valence-electron chi connectivity index (χ2n) is 11.5. The number of carbonyl (C=O) groups excluding carboxylic acids is 1. The van der Waals surface area contributed by atoms with Gasteiger partial charge in [0.1, 0.15) is 5.84 Å². The molecular weight excluding hydrogens is 522 g/mol. The molecule has 40 heavy (non-hydrogen) atoms. The van der Waals surface area contributed by atoms with Crippen LogP contribution < -0.4 is 5.32 Å². The Balaban J connectivity index is 0.962. The van der Waals surface area contributed by atoms with Crippen molar-refractivity contribution in [1.82, 2.24) is 29.9 Å². The SMILES string of the molecule is CC(C)(C)C(=O)OCn1cc(C2CN(C3=NOC(c4cnc(NC5Cc6cc(F)c(F)cc6C5)nc4)C3)C2)nn1. The number of benzene rings is 1. The molecule has 3 aliphatic rings. The molecule has 1 fully saturated rings. The second-order valence-corrected chi connectivity index (χ2v) is 11.5. The third-order valence-electron chi connectivity index (χ3n) is 7.37. The lowest BCUT2D eigenvalue weighted by Crippen LogP contribution is -2.48. The van der Waals surface area contributed by atoms with Gasteiger partial charge in [-0.1, -0.05) is 10.4 Å². The molecular formula is C27H30F2N8O3. The summed E-state index contributed by atoms with van der Waals surface area (Å²) in [6, 6.07) is 2.50. The third kappa shape index (κ3) is 5.32. The number of esters is 1. The molecule has 0 spiro atoms. The standard InChI is InChI=1S/C27H30F2N8O3/c1-27(2,3)25(38)39-14-37-13-22(33-35-37)18-11-36(12-18)24-8-23(40-34-24)17-9-30-26(31-10-17)32-19-4-15-6-20(28)21(29)7-16(15)5-19/h6-7,9-10,13,18-19,23H,4-5,8,11-12,14H2,1-3H3,(H,30,31,32). The Hall–Kier alpha value is -4.16. The van der Waals surface area contributed by atoms with E-state index in [1.807, 2.05) is 6.20 Å². The first kappa shape index (κ1) is 26.1. The molecule has 2 aromatic heterocycles. The average molecular weight is 553 g/mol. The van der Waals surface area contributed by atoms with E-state index in [4.69, 9.17) is 9.57 Å². The normalized spacial score (nSPS) is 19.2. The maximum atomic E-state index is 13.5. The molecule has 13 heteroatoms. The van der Waals surface area contributed by atoms with Gasteiger partial charge in [0.05, 0.1) is 23.7 Å². The van der Waals surface area contributed by atoms with Crippen LogP contribution in [0.2, 0.25) is 0 Å². The lowest BCUT2D eigenvalue weighted by molar-refractivity contribution is -0.157. The van der Waals surface area contributed by atoms with Crippen LogP contribution in [-0.2, 0) is 33.9 Å². The molecule has 1 aromatic carbocycles. The number of ether oxygens (including phenoxy) is 1. The minimum Gasteiger partial charge on any atom is -0.442 e. The molecule has 3 aromatic rings. The summed E-state index contributed by atoms with van der Waals surface area (Å²) in [7, 11) is 0. The molecule has 1 atom stereocenters. The molecule has 1 aliphatic carbocycles. The Labute approximate surface area is 229 Å². The molecule has 1 saturated heterocycles. The smallest absolute Gasteiger partial charge is 0.313 e. The van der Waals surface area contributed by atoms with Crippen molar-refractivity contribution in [2.24, 2.45) is 10.6 Å². The quantitative estimate of drug-likeness (QED) is 0.459. The number of nitrogens with one attached hydrogen (secondary N) is 1. The molecule has 0 amide bonds. The van der Waals surface area contributed by atoms with Crippen LogP contribution in [0.15, 0.2) is 35.9 Å². The van der Waals surface area contributed by atoms with Crippen molar-refractivity contribution in [3.05, 3.63) is 64.7 Å². The number of hydrogen-bond donors (Lipinski definition) is 1. The van der Waals surface area contributed by atoms with E-state index in [1.165, 1.54) is 16.8 Å². The average Bonchev–Trinajstić information content (AvgIpc) is 3.63. The predicted molar refractivity (Wildman–Crippen MR) is 139 cm³/mol. The summed E-state index contributed by atoms with van der Waals surface area (Å²) in [6.45, 7) is 6.93. The van der Waals surface area contributed by atoms with Crippen LogP contribution in [0, 0.1) is 17.0 Å². The van der Waals surface area contributed by atoms with Crippen LogP contribution in [0.5, 0.6) is 0 Å². The lowest BCUT2D eigenvalue weighted by atomic mass is 9.96. The van der Waals surface area contributed by atoms with Gasteiger partial charge in [-0.2, -0.15) is 0 Å². The number of amidine groups is 1. The van der Waals surface area contributed by atoms with Gasteiger partial charge in [-0.15, -0.1) is 5.10 Å². The van der Waals surface area contributed by atoms with Gasteiger partial charge in [0.2, 0.25) is 5.95 Å². The third-order valence-corrected chi connectivity index (χ3v) is 7.37. The van der Waals surface area contributed by atoms with Crippen LogP contribution in [0.1, 0.15) is 61.6 Å². The summed E-state index contributed by atoms with van der Waals surface area (Å²) < 4.78 is 33.9. The van der Waals surface area contributed by atoms with E-state index in [1.54, 1.807) is 33.2 Å². The molecule has 11 nitrogen and oxygen atoms in total. The van der Waals surface area contributed by atoms with Crippen LogP contribution in [0.3, 0.4) is 0 Å². The van der Waals surface area contributed by atoms with E-state index < -0.39 is 17.0 Å². The van der Waals surface area contributed by atoms with E-state index in [0.717, 1.165) is 41.3 Å². The maximum absolute atomic E-state index is 13.5. The number of halogens is 2. The van der Waals surface area contributed by atoms with E-state index in [9.17, 15) is 13.6 Å². The number of carbonyl (C=O) groups is 1. The highest BCUT2D eigenvalue weighted by molar-refractivity contribution is 5.84. The molecule has 0 saturated carbocycles. The van der Waals surface area contributed by atoms with Crippen LogP contribution >= 0.6 is 0 Å². The van der Waals surface area contributed by atoms with Crippen LogP contribution in [0.25, 0.3) is 0 Å². The Morgan fingerprint density at radius 3 is 2.42 bits per heavy atom. The van der Waals surface area contributed by atoms with Gasteiger partial charge in [0.15, 0.2) is 24.5 Å². The maximum Gasteiger partial charge on any atom is 0.313 e. The predicted octanol–water partition coefficient (Wildman–Crippen LogP) is 3.35. The van der Waals surface area contributed by atoms with Crippen molar-refractivity contribution in [1.29, 1.82) is 0 Å². The largest absolute Gasteiger partial charge is 0.442 e.